The number of benzene rings is 2. The Bertz CT molecular complexity index is 1160. The number of aromatic nitrogens is 4. The average molecular weight is 487 g/mol. The molecule has 2 aromatic carbocycles. The molecule has 4 aromatic rings. The van der Waals surface area contributed by atoms with Gasteiger partial charge in [0.05, 0.1) is 11.0 Å². The number of carbonyl (C=O) groups excluding carboxylic acids is 1. The second kappa shape index (κ2) is 9.15. The first-order valence-corrected chi connectivity index (χ1v) is 10.2. The van der Waals surface area contributed by atoms with E-state index in [0.717, 1.165) is 10.0 Å². The highest BCUT2D eigenvalue weighted by atomic mass is 79.9. The Morgan fingerprint density at radius 1 is 1.10 bits per heavy atom. The van der Waals surface area contributed by atoms with Crippen molar-refractivity contribution in [3.05, 3.63) is 93.9 Å². The normalized spacial score (nSPS) is 10.7. The van der Waals surface area contributed by atoms with Gasteiger partial charge in [-0.25, -0.2) is 4.68 Å². The van der Waals surface area contributed by atoms with E-state index in [1.165, 1.54) is 0 Å². The molecule has 1 N–H and O–H groups in total. The fraction of sp³-hybridized carbons (Fsp3) is 0.0952. The molecule has 7 nitrogen and oxygen atoms in total. The van der Waals surface area contributed by atoms with Gasteiger partial charge < -0.3 is 10.1 Å². The van der Waals surface area contributed by atoms with E-state index in [1.807, 2.05) is 41.2 Å². The number of nitrogens with zero attached hydrogens (tertiary/aromatic N) is 4. The van der Waals surface area contributed by atoms with Gasteiger partial charge in [0.15, 0.2) is 12.4 Å². The Hall–Kier alpha value is -3.10. The van der Waals surface area contributed by atoms with Gasteiger partial charge in [-0.2, -0.15) is 10.2 Å². The first kappa shape index (κ1) is 20.2. The van der Waals surface area contributed by atoms with E-state index in [-0.39, 0.29) is 12.6 Å². The summed E-state index contributed by atoms with van der Waals surface area (Å²) in [4.78, 5) is 12.6. The number of hydrogen-bond donors (Lipinski definition) is 1. The largest absolute Gasteiger partial charge is 0.470 e. The van der Waals surface area contributed by atoms with Gasteiger partial charge in [0.1, 0.15) is 5.75 Å². The molecule has 0 saturated heterocycles. The minimum Gasteiger partial charge on any atom is -0.470 e. The number of amides is 1. The van der Waals surface area contributed by atoms with Gasteiger partial charge in [0.2, 0.25) is 0 Å². The number of nitrogens with one attached hydrogen (secondary N) is 1. The number of rotatable bonds is 7. The van der Waals surface area contributed by atoms with Crippen LogP contribution in [0.1, 0.15) is 16.1 Å². The lowest BCUT2D eigenvalue weighted by Gasteiger charge is -2.08. The lowest BCUT2D eigenvalue weighted by Crippen LogP contribution is -2.14. The maximum absolute atomic E-state index is 12.6. The third-order valence-corrected chi connectivity index (χ3v) is 5.06. The fourth-order valence-corrected chi connectivity index (χ4v) is 3.60. The highest BCUT2D eigenvalue weighted by Crippen LogP contribution is 2.28. The third-order valence-electron chi connectivity index (χ3n) is 4.21. The lowest BCUT2D eigenvalue weighted by atomic mass is 10.2. The van der Waals surface area contributed by atoms with E-state index in [4.69, 9.17) is 16.3 Å². The first-order chi connectivity index (χ1) is 14.6. The molecule has 0 aliphatic heterocycles. The Labute approximate surface area is 186 Å². The smallest absolute Gasteiger partial charge is 0.276 e. The van der Waals surface area contributed by atoms with E-state index in [1.54, 1.807) is 41.3 Å². The number of hydrogen-bond acceptors (Lipinski definition) is 4. The Kier molecular flexibility index (Phi) is 6.15. The highest BCUT2D eigenvalue weighted by molar-refractivity contribution is 9.10. The van der Waals surface area contributed by atoms with Crippen LogP contribution in [0.25, 0.3) is 0 Å². The molecule has 0 saturated carbocycles. The van der Waals surface area contributed by atoms with E-state index in [2.05, 4.69) is 31.4 Å². The summed E-state index contributed by atoms with van der Waals surface area (Å²) < 4.78 is 9.82. The van der Waals surface area contributed by atoms with Crippen molar-refractivity contribution in [2.45, 2.75) is 13.3 Å². The van der Waals surface area contributed by atoms with Crippen molar-refractivity contribution in [1.29, 1.82) is 0 Å². The molecule has 30 heavy (non-hydrogen) atoms. The number of carbonyl (C=O) groups is 1. The first-order valence-electron chi connectivity index (χ1n) is 9.06. The number of anilines is 1. The molecule has 2 aromatic heterocycles. The summed E-state index contributed by atoms with van der Waals surface area (Å²) in [6.07, 6.45) is 5.31. The lowest BCUT2D eigenvalue weighted by molar-refractivity contribution is 0.102. The molecule has 0 spiro atoms. The van der Waals surface area contributed by atoms with Crippen molar-refractivity contribution in [1.82, 2.24) is 19.6 Å². The Morgan fingerprint density at radius 3 is 2.80 bits per heavy atom. The third kappa shape index (κ3) is 5.08. The van der Waals surface area contributed by atoms with Crippen LogP contribution in [0.4, 0.5) is 5.69 Å². The quantitative estimate of drug-likeness (QED) is 0.406. The van der Waals surface area contributed by atoms with Crippen LogP contribution in [0.5, 0.6) is 5.75 Å². The van der Waals surface area contributed by atoms with Crippen LogP contribution < -0.4 is 10.1 Å². The summed E-state index contributed by atoms with van der Waals surface area (Å²) in [6, 6.07) is 16.4. The van der Waals surface area contributed by atoms with Crippen molar-refractivity contribution in [2.75, 3.05) is 5.32 Å². The zero-order valence-corrected chi connectivity index (χ0v) is 18.0. The van der Waals surface area contributed by atoms with Crippen LogP contribution in [-0.2, 0) is 13.3 Å². The van der Waals surface area contributed by atoms with Crippen LogP contribution in [-0.4, -0.2) is 25.5 Å². The maximum atomic E-state index is 12.6. The molecule has 152 valence electrons. The maximum Gasteiger partial charge on any atom is 0.276 e. The molecule has 2 heterocycles. The molecular weight excluding hydrogens is 470 g/mol. The average Bonchev–Trinajstić information content (AvgIpc) is 3.40. The topological polar surface area (TPSA) is 74.0 Å². The molecule has 0 fully saturated rings. The molecule has 0 unspecified atom stereocenters. The van der Waals surface area contributed by atoms with Gasteiger partial charge in [-0.05, 0) is 64.0 Å². The van der Waals surface area contributed by atoms with E-state index < -0.39 is 0 Å². The van der Waals surface area contributed by atoms with Crippen LogP contribution in [0, 0.1) is 0 Å². The van der Waals surface area contributed by atoms with Crippen molar-refractivity contribution < 1.29 is 9.53 Å². The number of halogens is 2. The van der Waals surface area contributed by atoms with Crippen LogP contribution in [0.2, 0.25) is 5.02 Å². The fourth-order valence-electron chi connectivity index (χ4n) is 2.81. The highest BCUT2D eigenvalue weighted by Gasteiger charge is 2.11. The van der Waals surface area contributed by atoms with Gasteiger partial charge in [-0.3, -0.25) is 9.48 Å². The molecule has 0 bridgehead atoms. The minimum atomic E-state index is -0.294. The van der Waals surface area contributed by atoms with Crippen LogP contribution >= 0.6 is 27.5 Å². The zero-order valence-electron chi connectivity index (χ0n) is 15.7. The molecule has 0 aliphatic carbocycles. The zero-order chi connectivity index (χ0) is 20.9. The van der Waals surface area contributed by atoms with Crippen molar-refractivity contribution in [3.63, 3.8) is 0 Å². The molecule has 0 radical (unpaired) electrons. The number of ether oxygens (including phenoxy) is 1. The monoisotopic (exact) mass is 485 g/mol. The second-order valence-corrected chi connectivity index (χ2v) is 7.74. The van der Waals surface area contributed by atoms with Gasteiger partial charge in [0, 0.05) is 29.3 Å². The summed E-state index contributed by atoms with van der Waals surface area (Å²) in [5.74, 6) is 0.340. The summed E-state index contributed by atoms with van der Waals surface area (Å²) in [5, 5.41) is 12.0. The SMILES string of the molecule is O=C(Nc1cccc(Cn2cccn2)c1)c1ccn(COc2ccc(Cl)cc2Br)n1. The summed E-state index contributed by atoms with van der Waals surface area (Å²) >= 11 is 9.33. The standard InChI is InChI=1S/C21H17BrClN5O2/c22-18-12-16(23)5-6-20(18)30-14-28-10-7-19(26-28)21(29)25-17-4-1-3-15(11-17)13-27-9-2-8-24-27/h1-12H,13-14H2,(H,25,29). The summed E-state index contributed by atoms with van der Waals surface area (Å²) in [6.45, 7) is 0.788. The summed E-state index contributed by atoms with van der Waals surface area (Å²) in [5.41, 5.74) is 2.02. The molecular formula is C21H17BrClN5O2. The second-order valence-electron chi connectivity index (χ2n) is 6.45. The van der Waals surface area contributed by atoms with Crippen molar-refractivity contribution in [3.8, 4) is 5.75 Å². The molecule has 1 amide bonds. The molecule has 0 atom stereocenters. The van der Waals surface area contributed by atoms with E-state index in [9.17, 15) is 4.79 Å². The van der Waals surface area contributed by atoms with Gasteiger partial charge >= 0.3 is 0 Å². The van der Waals surface area contributed by atoms with Crippen molar-refractivity contribution >= 4 is 39.1 Å². The van der Waals surface area contributed by atoms with Crippen molar-refractivity contribution in [2.24, 2.45) is 0 Å². The van der Waals surface area contributed by atoms with Crippen LogP contribution in [0.15, 0.2) is 77.7 Å². The van der Waals surface area contributed by atoms with Gasteiger partial charge in [-0.1, -0.05) is 23.7 Å². The van der Waals surface area contributed by atoms with Gasteiger partial charge in [0.25, 0.3) is 5.91 Å². The minimum absolute atomic E-state index is 0.160. The Morgan fingerprint density at radius 2 is 2.00 bits per heavy atom. The predicted molar refractivity (Wildman–Crippen MR) is 118 cm³/mol. The predicted octanol–water partition coefficient (Wildman–Crippen LogP) is 4.83. The molecule has 4 rings (SSSR count). The van der Waals surface area contributed by atoms with Crippen LogP contribution in [0.3, 0.4) is 0 Å². The molecule has 0 aliphatic rings. The van der Waals surface area contributed by atoms with E-state index >= 15 is 0 Å². The molecule has 9 heteroatoms. The Balaban J connectivity index is 1.37. The van der Waals surface area contributed by atoms with E-state index in [0.29, 0.717) is 28.7 Å². The summed E-state index contributed by atoms with van der Waals surface area (Å²) in [7, 11) is 0. The van der Waals surface area contributed by atoms with Gasteiger partial charge in [-0.15, -0.1) is 0 Å².